The van der Waals surface area contributed by atoms with Crippen LogP contribution in [0.1, 0.15) is 41.3 Å². The minimum Gasteiger partial charge on any atom is -0.510 e. The maximum Gasteiger partial charge on any atom is 0.248 e. The fourth-order valence-electron chi connectivity index (χ4n) is 6.49. The van der Waals surface area contributed by atoms with Crippen molar-refractivity contribution in [3.8, 4) is 16.9 Å². The van der Waals surface area contributed by atoms with Gasteiger partial charge in [-0.25, -0.2) is 0 Å². The van der Waals surface area contributed by atoms with E-state index >= 15 is 0 Å². The number of carbonyl (C=O) groups is 3. The molecule has 0 aliphatic heterocycles. The first-order valence-corrected chi connectivity index (χ1v) is 12.4. The van der Waals surface area contributed by atoms with Crippen molar-refractivity contribution < 1.29 is 34.8 Å². The van der Waals surface area contributed by atoms with Crippen molar-refractivity contribution in [1.82, 2.24) is 4.90 Å². The van der Waals surface area contributed by atoms with Gasteiger partial charge in [-0.2, -0.15) is 0 Å². The third kappa shape index (κ3) is 3.65. The summed E-state index contributed by atoms with van der Waals surface area (Å²) in [6, 6.07) is 9.33. The monoisotopic (exact) mass is 518 g/mol. The second kappa shape index (κ2) is 8.82. The fraction of sp³-hybridized carbons (Fsp3) is 0.345. The van der Waals surface area contributed by atoms with Crippen LogP contribution in [0.15, 0.2) is 53.3 Å². The number of benzene rings is 2. The maximum absolute atomic E-state index is 13.9. The van der Waals surface area contributed by atoms with Gasteiger partial charge in [0.05, 0.1) is 17.2 Å². The number of likely N-dealkylation sites (N-methyl/N-ethyl adjacent to an activating group) is 1. The number of carbonyl (C=O) groups excluding carboxylic acids is 3. The van der Waals surface area contributed by atoms with E-state index in [2.05, 4.69) is 0 Å². The standard InChI is InChI=1S/C29H30N2O7/c1-13(32)14-4-6-15(7-5-14)17-8-9-21(33)23-18(17)10-16-11-20-24(31(2)3)25(34)19(28(30)37)12-29(20,38)27(36)22(16)26(23)35/h4-9,16,20,24,33-35,38H,10-12H2,1-3H3,(H2,30,37). The van der Waals surface area contributed by atoms with Crippen molar-refractivity contribution in [3.63, 3.8) is 0 Å². The number of hydrogen-bond donors (Lipinski definition) is 5. The summed E-state index contributed by atoms with van der Waals surface area (Å²) in [5.41, 5.74) is 6.01. The molecular formula is C29H30N2O7. The number of hydrogen-bond acceptors (Lipinski definition) is 8. The van der Waals surface area contributed by atoms with E-state index in [0.29, 0.717) is 17.5 Å². The summed E-state index contributed by atoms with van der Waals surface area (Å²) in [6.45, 7) is 1.48. The fourth-order valence-corrected chi connectivity index (χ4v) is 6.49. The van der Waals surface area contributed by atoms with E-state index < -0.39 is 47.3 Å². The molecule has 0 spiro atoms. The lowest BCUT2D eigenvalue weighted by molar-refractivity contribution is -0.151. The highest BCUT2D eigenvalue weighted by molar-refractivity contribution is 6.10. The molecule has 198 valence electrons. The normalized spacial score (nSPS) is 26.7. The first-order valence-electron chi connectivity index (χ1n) is 12.4. The molecule has 2 aromatic carbocycles. The summed E-state index contributed by atoms with van der Waals surface area (Å²) in [5, 5.41) is 44.7. The third-order valence-corrected chi connectivity index (χ3v) is 8.30. The highest BCUT2D eigenvalue weighted by atomic mass is 16.3. The second-order valence-electron chi connectivity index (χ2n) is 10.7. The Hall–Kier alpha value is -3.95. The van der Waals surface area contributed by atoms with Crippen molar-refractivity contribution >= 4 is 23.2 Å². The highest BCUT2D eigenvalue weighted by Gasteiger charge is 2.60. The van der Waals surface area contributed by atoms with Crippen molar-refractivity contribution in [2.75, 3.05) is 14.1 Å². The average Bonchev–Trinajstić information content (AvgIpc) is 2.85. The number of fused-ring (bicyclic) bond motifs is 3. The SMILES string of the molecule is CC(=O)c1ccc(-c2ccc(O)c3c2CC2CC4C(N(C)C)C(O)=C(C(N)=O)CC4(O)C(=O)C2=C3O)cc1. The van der Waals surface area contributed by atoms with Crippen LogP contribution in [0, 0.1) is 11.8 Å². The molecule has 1 amide bonds. The van der Waals surface area contributed by atoms with E-state index in [9.17, 15) is 34.8 Å². The Balaban J connectivity index is 1.66. The summed E-state index contributed by atoms with van der Waals surface area (Å²) >= 11 is 0. The lowest BCUT2D eigenvalue weighted by atomic mass is 9.57. The molecule has 1 saturated carbocycles. The van der Waals surface area contributed by atoms with Crippen LogP contribution in [-0.4, -0.2) is 68.5 Å². The van der Waals surface area contributed by atoms with E-state index in [0.717, 1.165) is 11.1 Å². The number of Topliss-reactive ketones (excluding diaryl/α,β-unsaturated/α-hetero) is 2. The van der Waals surface area contributed by atoms with Gasteiger partial charge in [-0.3, -0.25) is 19.3 Å². The molecular weight excluding hydrogens is 488 g/mol. The molecule has 3 aliphatic rings. The minimum absolute atomic E-state index is 0.00153. The Morgan fingerprint density at radius 3 is 2.29 bits per heavy atom. The molecule has 2 aromatic rings. The Morgan fingerprint density at radius 1 is 1.05 bits per heavy atom. The smallest absolute Gasteiger partial charge is 0.248 e. The molecule has 0 aromatic heterocycles. The van der Waals surface area contributed by atoms with Crippen molar-refractivity contribution in [1.29, 1.82) is 0 Å². The van der Waals surface area contributed by atoms with Gasteiger partial charge in [0.15, 0.2) is 11.6 Å². The van der Waals surface area contributed by atoms with Gasteiger partial charge in [0.1, 0.15) is 22.9 Å². The Labute approximate surface area is 219 Å². The molecule has 9 nitrogen and oxygen atoms in total. The number of ketones is 2. The van der Waals surface area contributed by atoms with Crippen LogP contribution in [0.4, 0.5) is 0 Å². The molecule has 5 rings (SSSR count). The predicted octanol–water partition coefficient (Wildman–Crippen LogP) is 2.65. The van der Waals surface area contributed by atoms with Crippen LogP contribution >= 0.6 is 0 Å². The highest BCUT2D eigenvalue weighted by Crippen LogP contribution is 2.53. The van der Waals surface area contributed by atoms with E-state index in [4.69, 9.17) is 5.73 Å². The molecule has 9 heteroatoms. The van der Waals surface area contributed by atoms with Crippen LogP contribution in [-0.2, 0) is 16.0 Å². The molecule has 0 radical (unpaired) electrons. The largest absolute Gasteiger partial charge is 0.510 e. The van der Waals surface area contributed by atoms with Gasteiger partial charge >= 0.3 is 0 Å². The minimum atomic E-state index is -2.07. The van der Waals surface area contributed by atoms with E-state index in [-0.39, 0.29) is 40.4 Å². The average molecular weight is 519 g/mol. The summed E-state index contributed by atoms with van der Waals surface area (Å²) < 4.78 is 0. The number of rotatable bonds is 4. The van der Waals surface area contributed by atoms with Gasteiger partial charge in [0.2, 0.25) is 5.91 Å². The molecule has 0 bridgehead atoms. The number of aromatic hydroxyl groups is 1. The summed E-state index contributed by atoms with van der Waals surface area (Å²) in [7, 11) is 3.35. The second-order valence-corrected chi connectivity index (χ2v) is 10.7. The number of nitrogens with zero attached hydrogens (tertiary/aromatic N) is 1. The van der Waals surface area contributed by atoms with E-state index in [1.54, 1.807) is 49.3 Å². The van der Waals surface area contributed by atoms with Gasteiger partial charge in [0, 0.05) is 23.5 Å². The Bertz CT molecular complexity index is 1450. The molecule has 6 N–H and O–H groups in total. The van der Waals surface area contributed by atoms with Crippen LogP contribution < -0.4 is 5.73 Å². The third-order valence-electron chi connectivity index (χ3n) is 8.30. The van der Waals surface area contributed by atoms with Gasteiger partial charge in [-0.15, -0.1) is 0 Å². The van der Waals surface area contributed by atoms with E-state index in [1.807, 2.05) is 0 Å². The van der Waals surface area contributed by atoms with Gasteiger partial charge in [-0.05, 0) is 62.5 Å². The number of aliphatic hydroxyl groups is 3. The first kappa shape index (κ1) is 25.7. The topological polar surface area (TPSA) is 161 Å². The number of primary amides is 1. The van der Waals surface area contributed by atoms with Crippen molar-refractivity contribution in [2.45, 2.75) is 37.8 Å². The Kier molecular flexibility index (Phi) is 5.96. The molecule has 38 heavy (non-hydrogen) atoms. The number of aliphatic hydroxyl groups excluding tert-OH is 2. The van der Waals surface area contributed by atoms with Gasteiger partial charge in [0.25, 0.3) is 0 Å². The maximum atomic E-state index is 13.9. The molecule has 4 atom stereocenters. The lowest BCUT2D eigenvalue weighted by Crippen LogP contribution is -2.62. The molecule has 1 fully saturated rings. The zero-order valence-electron chi connectivity index (χ0n) is 21.4. The molecule has 0 saturated heterocycles. The van der Waals surface area contributed by atoms with Crippen molar-refractivity contribution in [3.05, 3.63) is 70.0 Å². The number of nitrogens with two attached hydrogens (primary N) is 1. The van der Waals surface area contributed by atoms with Crippen LogP contribution in [0.3, 0.4) is 0 Å². The zero-order valence-corrected chi connectivity index (χ0v) is 21.4. The van der Waals surface area contributed by atoms with Gasteiger partial charge < -0.3 is 26.2 Å². The molecule has 4 unspecified atom stereocenters. The van der Waals surface area contributed by atoms with Crippen molar-refractivity contribution in [2.24, 2.45) is 17.6 Å². The predicted molar refractivity (Wildman–Crippen MR) is 139 cm³/mol. The summed E-state index contributed by atoms with van der Waals surface area (Å²) in [6.07, 6.45) is 0.0593. The zero-order chi connectivity index (χ0) is 27.7. The van der Waals surface area contributed by atoms with Gasteiger partial charge in [-0.1, -0.05) is 30.3 Å². The number of phenolic OH excluding ortho intramolecular Hbond substituents is 1. The number of phenols is 1. The van der Waals surface area contributed by atoms with Crippen LogP contribution in [0.5, 0.6) is 5.75 Å². The molecule has 0 heterocycles. The molecule has 3 aliphatic carbocycles. The first-order chi connectivity index (χ1) is 17.9. The summed E-state index contributed by atoms with van der Waals surface area (Å²) in [4.78, 5) is 39.3. The lowest BCUT2D eigenvalue weighted by Gasteiger charge is -2.51. The number of amides is 1. The Morgan fingerprint density at radius 2 is 1.71 bits per heavy atom. The van der Waals surface area contributed by atoms with Crippen LogP contribution in [0.2, 0.25) is 0 Å². The van der Waals surface area contributed by atoms with E-state index in [1.165, 1.54) is 13.0 Å². The van der Waals surface area contributed by atoms with Crippen LogP contribution in [0.25, 0.3) is 16.9 Å². The summed E-state index contributed by atoms with van der Waals surface area (Å²) in [5.74, 6) is -3.90. The quantitative estimate of drug-likeness (QED) is 0.386.